The van der Waals surface area contributed by atoms with Gasteiger partial charge in [0.25, 0.3) is 0 Å². The van der Waals surface area contributed by atoms with Crippen LogP contribution in [0.15, 0.2) is 52.0 Å². The number of nitrogens with zero attached hydrogens (tertiary/aromatic N) is 4. The van der Waals surface area contributed by atoms with Crippen molar-refractivity contribution in [2.45, 2.75) is 16.2 Å². The van der Waals surface area contributed by atoms with Crippen molar-refractivity contribution in [1.29, 1.82) is 5.26 Å². The maximum absolute atomic E-state index is 13.5. The highest BCUT2D eigenvalue weighted by molar-refractivity contribution is 7.99. The number of rotatable bonds is 4. The summed E-state index contributed by atoms with van der Waals surface area (Å²) in [6, 6.07) is 8.08. The molecule has 6 nitrogen and oxygen atoms in total. The third-order valence-corrected chi connectivity index (χ3v) is 5.21. The van der Waals surface area contributed by atoms with Gasteiger partial charge in [0.05, 0.1) is 26.6 Å². The molecule has 3 heterocycles. The summed E-state index contributed by atoms with van der Waals surface area (Å²) < 4.78 is 40.4. The Bertz CT molecular complexity index is 1050. The molecule has 0 saturated carbocycles. The van der Waals surface area contributed by atoms with Crippen LogP contribution in [0.2, 0.25) is 0 Å². The number of pyridine rings is 2. The maximum Gasteiger partial charge on any atom is 0.417 e. The topological polar surface area (TPSA) is 92.7 Å². The first-order valence-electron chi connectivity index (χ1n) is 7.14. The highest BCUT2D eigenvalue weighted by Gasteiger charge is 2.36. The predicted molar refractivity (Wildman–Crippen MR) is 92.3 cm³/mol. The zero-order chi connectivity index (χ0) is 19.6. The lowest BCUT2D eigenvalue weighted by molar-refractivity contribution is -0.388. The third-order valence-electron chi connectivity index (χ3n) is 3.32. The number of alkyl halides is 3. The summed E-state index contributed by atoms with van der Waals surface area (Å²) in [6.45, 7) is 0. The van der Waals surface area contributed by atoms with Gasteiger partial charge in [0, 0.05) is 12.3 Å². The highest BCUT2D eigenvalue weighted by Crippen LogP contribution is 2.41. The SMILES string of the molecule is N#Cc1c(C(F)(F)F)cc(-c2cccs2)nc1Sc1ncccc1[N+](=O)[O-]. The Hall–Kier alpha value is -2.97. The Morgan fingerprint density at radius 2 is 2.04 bits per heavy atom. The first-order valence-corrected chi connectivity index (χ1v) is 8.84. The number of nitriles is 1. The van der Waals surface area contributed by atoms with E-state index in [4.69, 9.17) is 0 Å². The summed E-state index contributed by atoms with van der Waals surface area (Å²) in [5, 5.41) is 21.7. The molecule has 3 aromatic rings. The average molecular weight is 408 g/mol. The quantitative estimate of drug-likeness (QED) is 0.438. The van der Waals surface area contributed by atoms with Gasteiger partial charge in [-0.15, -0.1) is 11.3 Å². The van der Waals surface area contributed by atoms with Crippen molar-refractivity contribution < 1.29 is 18.1 Å². The minimum atomic E-state index is -4.79. The molecule has 0 spiro atoms. The standard InChI is InChI=1S/C16H7F3N4O2S2/c17-16(18,19)10-7-11(13-4-2-6-26-13)22-14(9(10)8-20)27-15-12(23(24)25)3-1-5-21-15/h1-7H. The van der Waals surface area contributed by atoms with Gasteiger partial charge in [-0.05, 0) is 35.3 Å². The van der Waals surface area contributed by atoms with E-state index < -0.39 is 22.2 Å². The molecule has 0 atom stereocenters. The normalized spacial score (nSPS) is 11.2. The van der Waals surface area contributed by atoms with Gasteiger partial charge < -0.3 is 0 Å². The van der Waals surface area contributed by atoms with Crippen molar-refractivity contribution in [1.82, 2.24) is 9.97 Å². The van der Waals surface area contributed by atoms with Crippen LogP contribution in [0, 0.1) is 21.4 Å². The molecule has 27 heavy (non-hydrogen) atoms. The maximum atomic E-state index is 13.5. The van der Waals surface area contributed by atoms with E-state index in [-0.39, 0.29) is 21.4 Å². The number of thiophene rings is 1. The van der Waals surface area contributed by atoms with E-state index in [1.54, 1.807) is 17.5 Å². The van der Waals surface area contributed by atoms with Crippen LogP contribution in [0.4, 0.5) is 18.9 Å². The van der Waals surface area contributed by atoms with Crippen molar-refractivity contribution in [3.8, 4) is 16.6 Å². The van der Waals surface area contributed by atoms with E-state index in [1.165, 1.54) is 35.7 Å². The number of aromatic nitrogens is 2. The predicted octanol–water partition coefficient (Wildman–Crippen LogP) is 5.15. The number of nitro groups is 1. The van der Waals surface area contributed by atoms with Gasteiger partial charge in [-0.3, -0.25) is 10.1 Å². The fraction of sp³-hybridized carbons (Fsp3) is 0.0625. The van der Waals surface area contributed by atoms with Crippen LogP contribution < -0.4 is 0 Å². The summed E-state index contributed by atoms with van der Waals surface area (Å²) in [6.07, 6.45) is -3.51. The Morgan fingerprint density at radius 1 is 1.26 bits per heavy atom. The number of halogens is 3. The summed E-state index contributed by atoms with van der Waals surface area (Å²) >= 11 is 1.74. The smallest absolute Gasteiger partial charge is 0.258 e. The van der Waals surface area contributed by atoms with E-state index in [9.17, 15) is 28.5 Å². The van der Waals surface area contributed by atoms with Crippen LogP contribution in [0.3, 0.4) is 0 Å². The van der Waals surface area contributed by atoms with E-state index in [1.807, 2.05) is 0 Å². The van der Waals surface area contributed by atoms with Crippen molar-refractivity contribution in [2.75, 3.05) is 0 Å². The van der Waals surface area contributed by atoms with E-state index in [0.29, 0.717) is 16.6 Å². The molecule has 3 aromatic heterocycles. The molecule has 0 saturated heterocycles. The van der Waals surface area contributed by atoms with E-state index >= 15 is 0 Å². The summed E-state index contributed by atoms with van der Waals surface area (Å²) in [4.78, 5) is 18.9. The summed E-state index contributed by atoms with van der Waals surface area (Å²) in [7, 11) is 0. The van der Waals surface area contributed by atoms with Gasteiger partial charge in [-0.2, -0.15) is 18.4 Å². The second kappa shape index (κ2) is 7.34. The van der Waals surface area contributed by atoms with Gasteiger partial charge in [0.2, 0.25) is 0 Å². The number of hydrogen-bond donors (Lipinski definition) is 0. The van der Waals surface area contributed by atoms with E-state index in [0.717, 1.165) is 6.07 Å². The Morgan fingerprint density at radius 3 is 2.63 bits per heavy atom. The van der Waals surface area contributed by atoms with Gasteiger partial charge in [-0.1, -0.05) is 6.07 Å². The van der Waals surface area contributed by atoms with Crippen LogP contribution in [-0.2, 0) is 6.18 Å². The van der Waals surface area contributed by atoms with Gasteiger partial charge in [0.1, 0.15) is 11.1 Å². The monoisotopic (exact) mass is 408 g/mol. The lowest BCUT2D eigenvalue weighted by Crippen LogP contribution is -2.10. The van der Waals surface area contributed by atoms with Gasteiger partial charge in [0.15, 0.2) is 5.03 Å². The van der Waals surface area contributed by atoms with Crippen LogP contribution in [0.1, 0.15) is 11.1 Å². The fourth-order valence-electron chi connectivity index (χ4n) is 2.17. The minimum Gasteiger partial charge on any atom is -0.258 e. The molecule has 136 valence electrons. The molecular formula is C16H7F3N4O2S2. The summed E-state index contributed by atoms with van der Waals surface area (Å²) in [5.74, 6) is 0. The van der Waals surface area contributed by atoms with Crippen molar-refractivity contribution in [3.05, 3.63) is 63.1 Å². The molecule has 0 radical (unpaired) electrons. The Kier molecular flexibility index (Phi) is 5.11. The van der Waals surface area contributed by atoms with Crippen LogP contribution in [0.5, 0.6) is 0 Å². The van der Waals surface area contributed by atoms with E-state index in [2.05, 4.69) is 9.97 Å². The highest BCUT2D eigenvalue weighted by atomic mass is 32.2. The molecule has 0 amide bonds. The van der Waals surface area contributed by atoms with Crippen molar-refractivity contribution in [2.24, 2.45) is 0 Å². The van der Waals surface area contributed by atoms with Crippen LogP contribution in [0.25, 0.3) is 10.6 Å². The number of hydrogen-bond acceptors (Lipinski definition) is 7. The molecule has 0 aliphatic heterocycles. The first-order chi connectivity index (χ1) is 12.8. The van der Waals surface area contributed by atoms with Crippen molar-refractivity contribution >= 4 is 28.8 Å². The molecule has 11 heteroatoms. The first kappa shape index (κ1) is 18.8. The summed E-state index contributed by atoms with van der Waals surface area (Å²) in [5.41, 5.74) is -2.21. The van der Waals surface area contributed by atoms with Gasteiger partial charge in [-0.25, -0.2) is 9.97 Å². The zero-order valence-electron chi connectivity index (χ0n) is 13.1. The molecule has 0 aliphatic carbocycles. The minimum absolute atomic E-state index is 0.0254. The second-order valence-electron chi connectivity index (χ2n) is 5.01. The molecule has 0 aromatic carbocycles. The second-order valence-corrected chi connectivity index (χ2v) is 6.93. The molecule has 0 bridgehead atoms. The molecule has 0 N–H and O–H groups in total. The molecule has 0 aliphatic rings. The lowest BCUT2D eigenvalue weighted by Gasteiger charge is -2.13. The fourth-order valence-corrected chi connectivity index (χ4v) is 3.80. The van der Waals surface area contributed by atoms with Gasteiger partial charge >= 0.3 is 11.9 Å². The Labute approximate surface area is 158 Å². The zero-order valence-corrected chi connectivity index (χ0v) is 14.7. The lowest BCUT2D eigenvalue weighted by atomic mass is 10.1. The van der Waals surface area contributed by atoms with Crippen molar-refractivity contribution in [3.63, 3.8) is 0 Å². The van der Waals surface area contributed by atoms with Crippen LogP contribution >= 0.6 is 23.1 Å². The Balaban J connectivity index is 2.21. The van der Waals surface area contributed by atoms with Crippen LogP contribution in [-0.4, -0.2) is 14.9 Å². The molecule has 0 fully saturated rings. The molecular weight excluding hydrogens is 401 g/mol. The molecule has 3 rings (SSSR count). The molecule has 0 unspecified atom stereocenters. The largest absolute Gasteiger partial charge is 0.417 e. The average Bonchev–Trinajstić information content (AvgIpc) is 3.15. The third kappa shape index (κ3) is 3.91.